The summed E-state index contributed by atoms with van der Waals surface area (Å²) < 4.78 is 55.7. The lowest BCUT2D eigenvalue weighted by Gasteiger charge is -2.37. The van der Waals surface area contributed by atoms with Crippen molar-refractivity contribution in [2.75, 3.05) is 44.2 Å². The van der Waals surface area contributed by atoms with Gasteiger partial charge in [-0.05, 0) is 48.3 Å². The first kappa shape index (κ1) is 25.0. The van der Waals surface area contributed by atoms with Crippen LogP contribution in [0.15, 0.2) is 41.3 Å². The Morgan fingerprint density at radius 2 is 1.73 bits per heavy atom. The summed E-state index contributed by atoms with van der Waals surface area (Å²) in [6, 6.07) is 7.46. The summed E-state index contributed by atoms with van der Waals surface area (Å²) in [5, 5.41) is 0. The molecule has 0 saturated carbocycles. The number of carbonyl (C=O) groups is 2. The molecule has 1 saturated heterocycles. The Kier molecular flexibility index (Phi) is 8.01. The SMILES string of the molecule is CCN(CC)Sc1ccc(C=O)c(N2CCN(C(=O)c3cc(F)ccc3C(F)(F)F)CC2)c1. The maximum atomic E-state index is 13.6. The normalized spacial score (nSPS) is 14.6. The summed E-state index contributed by atoms with van der Waals surface area (Å²) in [7, 11) is 0. The fourth-order valence-corrected chi connectivity index (χ4v) is 4.57. The minimum atomic E-state index is -4.76. The van der Waals surface area contributed by atoms with Crippen LogP contribution in [0.25, 0.3) is 0 Å². The molecular weight excluding hydrogens is 458 g/mol. The topological polar surface area (TPSA) is 43.9 Å². The van der Waals surface area contributed by atoms with Crippen LogP contribution in [0.2, 0.25) is 0 Å². The molecule has 0 N–H and O–H groups in total. The first-order valence-electron chi connectivity index (χ1n) is 10.6. The van der Waals surface area contributed by atoms with Gasteiger partial charge in [0.05, 0.1) is 11.1 Å². The lowest BCUT2D eigenvalue weighted by atomic mass is 10.0. The fourth-order valence-electron chi connectivity index (χ4n) is 3.72. The fraction of sp³-hybridized carbons (Fsp3) is 0.391. The predicted octanol–water partition coefficient (Wildman–Crippen LogP) is 4.97. The van der Waals surface area contributed by atoms with Gasteiger partial charge < -0.3 is 9.80 Å². The predicted molar refractivity (Wildman–Crippen MR) is 120 cm³/mol. The second kappa shape index (κ2) is 10.6. The van der Waals surface area contributed by atoms with Gasteiger partial charge in [-0.3, -0.25) is 9.59 Å². The standard InChI is InChI=1S/C23H25F4N3O2S/c1-3-30(4-2)33-18-7-5-16(15-31)21(14-18)28-9-11-29(12-10-28)22(32)19-13-17(24)6-8-20(19)23(25,26)27/h5-8,13-15H,3-4,9-12H2,1-2H3. The number of hydrogen-bond donors (Lipinski definition) is 0. The van der Waals surface area contributed by atoms with Crippen LogP contribution in [-0.4, -0.2) is 60.7 Å². The zero-order valence-corrected chi connectivity index (χ0v) is 19.2. The summed E-state index contributed by atoms with van der Waals surface area (Å²) in [5.41, 5.74) is -0.623. The second-order valence-electron chi connectivity index (χ2n) is 7.51. The van der Waals surface area contributed by atoms with Gasteiger partial charge >= 0.3 is 6.18 Å². The van der Waals surface area contributed by atoms with E-state index in [0.29, 0.717) is 36.9 Å². The van der Waals surface area contributed by atoms with Crippen molar-refractivity contribution in [3.63, 3.8) is 0 Å². The largest absolute Gasteiger partial charge is 0.417 e. The molecule has 1 aliphatic heterocycles. The van der Waals surface area contributed by atoms with Crippen LogP contribution in [0.4, 0.5) is 23.2 Å². The molecule has 0 atom stereocenters. The molecule has 1 aliphatic rings. The number of halogens is 4. The molecule has 3 rings (SSSR count). The lowest BCUT2D eigenvalue weighted by molar-refractivity contribution is -0.138. The highest BCUT2D eigenvalue weighted by Gasteiger charge is 2.37. The molecule has 1 amide bonds. The maximum Gasteiger partial charge on any atom is 0.417 e. The minimum absolute atomic E-state index is 0.151. The monoisotopic (exact) mass is 483 g/mol. The van der Waals surface area contributed by atoms with E-state index in [4.69, 9.17) is 0 Å². The third kappa shape index (κ3) is 5.86. The van der Waals surface area contributed by atoms with E-state index < -0.39 is 29.0 Å². The second-order valence-corrected chi connectivity index (χ2v) is 8.68. The zero-order chi connectivity index (χ0) is 24.2. The number of piperazine rings is 1. The average Bonchev–Trinajstić information content (AvgIpc) is 2.81. The van der Waals surface area contributed by atoms with E-state index in [2.05, 4.69) is 18.2 Å². The Morgan fingerprint density at radius 3 is 2.30 bits per heavy atom. The van der Waals surface area contributed by atoms with Crippen molar-refractivity contribution in [2.45, 2.75) is 24.9 Å². The lowest BCUT2D eigenvalue weighted by Crippen LogP contribution is -2.49. The molecule has 0 spiro atoms. The smallest absolute Gasteiger partial charge is 0.367 e. The molecule has 0 unspecified atom stereocenters. The number of aldehydes is 1. The quantitative estimate of drug-likeness (QED) is 0.316. The highest BCUT2D eigenvalue weighted by molar-refractivity contribution is 7.97. The van der Waals surface area contributed by atoms with Gasteiger partial charge in [-0.15, -0.1) is 0 Å². The van der Waals surface area contributed by atoms with Crippen LogP contribution >= 0.6 is 11.9 Å². The molecule has 0 bridgehead atoms. The van der Waals surface area contributed by atoms with Crippen LogP contribution in [0, 0.1) is 5.82 Å². The third-order valence-electron chi connectivity index (χ3n) is 5.49. The molecule has 5 nitrogen and oxygen atoms in total. The Labute approximate surface area is 194 Å². The van der Waals surface area contributed by atoms with Crippen molar-refractivity contribution in [1.82, 2.24) is 9.21 Å². The molecule has 2 aromatic carbocycles. The molecule has 10 heteroatoms. The molecule has 178 valence electrons. The number of alkyl halides is 3. The van der Waals surface area contributed by atoms with E-state index in [0.717, 1.165) is 30.0 Å². The van der Waals surface area contributed by atoms with Crippen molar-refractivity contribution in [3.8, 4) is 0 Å². The van der Waals surface area contributed by atoms with Crippen molar-refractivity contribution in [2.24, 2.45) is 0 Å². The Morgan fingerprint density at radius 1 is 1.06 bits per heavy atom. The van der Waals surface area contributed by atoms with Gasteiger partial charge in [-0.25, -0.2) is 8.70 Å². The third-order valence-corrected chi connectivity index (χ3v) is 6.73. The van der Waals surface area contributed by atoms with Gasteiger partial charge in [0.2, 0.25) is 0 Å². The number of rotatable bonds is 7. The van der Waals surface area contributed by atoms with E-state index in [9.17, 15) is 27.2 Å². The Balaban J connectivity index is 1.77. The van der Waals surface area contributed by atoms with Crippen molar-refractivity contribution in [3.05, 3.63) is 58.9 Å². The summed E-state index contributed by atoms with van der Waals surface area (Å²) in [6.07, 6.45) is -4.00. The Bertz CT molecular complexity index is 1000. The van der Waals surface area contributed by atoms with Gasteiger partial charge in [0.15, 0.2) is 6.29 Å². The van der Waals surface area contributed by atoms with Crippen molar-refractivity contribution < 1.29 is 27.2 Å². The molecule has 0 aromatic heterocycles. The summed E-state index contributed by atoms with van der Waals surface area (Å²) in [5.74, 6) is -1.76. The number of carbonyl (C=O) groups excluding carboxylic acids is 2. The highest BCUT2D eigenvalue weighted by Crippen LogP contribution is 2.34. The van der Waals surface area contributed by atoms with E-state index in [1.165, 1.54) is 4.90 Å². The van der Waals surface area contributed by atoms with Crippen molar-refractivity contribution >= 4 is 29.8 Å². The van der Waals surface area contributed by atoms with Crippen LogP contribution < -0.4 is 4.90 Å². The van der Waals surface area contributed by atoms with Gasteiger partial charge in [0.1, 0.15) is 5.82 Å². The van der Waals surface area contributed by atoms with E-state index in [1.807, 2.05) is 17.0 Å². The van der Waals surface area contributed by atoms with E-state index in [-0.39, 0.29) is 13.1 Å². The van der Waals surface area contributed by atoms with Gasteiger partial charge in [0, 0.05) is 55.4 Å². The maximum absolute atomic E-state index is 13.6. The molecule has 33 heavy (non-hydrogen) atoms. The number of benzene rings is 2. The van der Waals surface area contributed by atoms with E-state index in [1.54, 1.807) is 18.0 Å². The molecular formula is C23H25F4N3O2S. The first-order valence-corrected chi connectivity index (χ1v) is 11.4. The molecule has 1 fully saturated rings. The van der Waals surface area contributed by atoms with Crippen LogP contribution in [0.3, 0.4) is 0 Å². The minimum Gasteiger partial charge on any atom is -0.367 e. The van der Waals surface area contributed by atoms with Crippen molar-refractivity contribution in [1.29, 1.82) is 0 Å². The number of nitrogens with zero attached hydrogens (tertiary/aromatic N) is 3. The van der Waals surface area contributed by atoms with Crippen LogP contribution in [0.1, 0.15) is 40.1 Å². The molecule has 1 heterocycles. The highest BCUT2D eigenvalue weighted by atomic mass is 32.2. The van der Waals surface area contributed by atoms with Gasteiger partial charge in [0.25, 0.3) is 5.91 Å². The summed E-state index contributed by atoms with van der Waals surface area (Å²) >= 11 is 1.58. The average molecular weight is 484 g/mol. The first-order chi connectivity index (χ1) is 15.7. The Hall–Kier alpha value is -2.59. The molecule has 0 aliphatic carbocycles. The molecule has 2 aromatic rings. The summed E-state index contributed by atoms with van der Waals surface area (Å²) in [4.78, 5) is 28.6. The molecule has 0 radical (unpaired) electrons. The number of amides is 1. The number of hydrogen-bond acceptors (Lipinski definition) is 5. The zero-order valence-electron chi connectivity index (χ0n) is 18.4. The van der Waals surface area contributed by atoms with Crippen LogP contribution in [-0.2, 0) is 6.18 Å². The number of anilines is 1. The van der Waals surface area contributed by atoms with Crippen LogP contribution in [0.5, 0.6) is 0 Å². The van der Waals surface area contributed by atoms with E-state index >= 15 is 0 Å². The van der Waals surface area contributed by atoms with Gasteiger partial charge in [-0.2, -0.15) is 13.2 Å². The summed E-state index contributed by atoms with van der Waals surface area (Å²) in [6.45, 7) is 6.79. The van der Waals surface area contributed by atoms with Gasteiger partial charge in [-0.1, -0.05) is 13.8 Å².